The van der Waals surface area contributed by atoms with Crippen LogP contribution in [0.3, 0.4) is 0 Å². The molecular weight excluding hydrogens is 421 g/mol. The number of hydrogen-bond acceptors (Lipinski definition) is 1. The molecule has 0 N–H and O–H groups in total. The van der Waals surface area contributed by atoms with Crippen molar-refractivity contribution in [3.05, 3.63) is 0 Å². The Morgan fingerprint density at radius 3 is 1.22 bits per heavy atom. The summed E-state index contributed by atoms with van der Waals surface area (Å²) < 4.78 is 3.23. The second kappa shape index (κ2) is 14.2. The fraction of sp³-hybridized carbons (Fsp3) is 1.00. The zero-order valence-electron chi connectivity index (χ0n) is 19.6. The molecule has 164 valence electrons. The Labute approximate surface area is 184 Å². The third kappa shape index (κ3) is 9.25. The summed E-state index contributed by atoms with van der Waals surface area (Å²) in [6, 6.07) is 9.69. The van der Waals surface area contributed by atoms with Crippen LogP contribution >= 0.6 is 22.2 Å². The van der Waals surface area contributed by atoms with E-state index in [2.05, 4.69) is 45.8 Å². The molecule has 0 unspecified atom stereocenters. The Morgan fingerprint density at radius 2 is 0.889 bits per heavy atom. The molecule has 1 nitrogen and oxygen atoms in total. The number of unbranched alkanes of at least 4 members (excludes halogenated alkanes) is 5. The summed E-state index contributed by atoms with van der Waals surface area (Å²) >= 11 is 12.4. The molecule has 6 heteroatoms. The lowest BCUT2D eigenvalue weighted by Crippen LogP contribution is -2.66. The molecule has 0 saturated heterocycles. The molecular formula is C21H49Cl2NSi3. The molecule has 0 aliphatic carbocycles. The minimum atomic E-state index is -1.87. The second-order valence-corrected chi connectivity index (χ2v) is 27.6. The van der Waals surface area contributed by atoms with E-state index in [4.69, 9.17) is 22.2 Å². The summed E-state index contributed by atoms with van der Waals surface area (Å²) in [4.78, 5) is 0. The first-order valence-corrected chi connectivity index (χ1v) is 21.7. The van der Waals surface area contributed by atoms with E-state index in [9.17, 15) is 0 Å². The predicted octanol–water partition coefficient (Wildman–Crippen LogP) is 9.19. The SMILES string of the molecule is CC[Si](CC)(CC)N(CCCCCCCC[Si](C)(Cl)Cl)[Si](CC)(CC)CC. The van der Waals surface area contributed by atoms with Crippen molar-refractivity contribution in [3.8, 4) is 0 Å². The fourth-order valence-electron chi connectivity index (χ4n) is 5.04. The first kappa shape index (κ1) is 28.2. The zero-order valence-corrected chi connectivity index (χ0v) is 24.1. The first-order valence-electron chi connectivity index (χ1n) is 11.9. The van der Waals surface area contributed by atoms with Gasteiger partial charge in [0.2, 0.25) is 6.69 Å². The molecule has 0 atom stereocenters. The fourth-order valence-corrected chi connectivity index (χ4v) is 20.1. The van der Waals surface area contributed by atoms with Crippen LogP contribution in [-0.2, 0) is 0 Å². The smallest absolute Gasteiger partial charge is 0.248 e. The molecule has 0 aromatic carbocycles. The highest BCUT2D eigenvalue weighted by Crippen LogP contribution is 2.36. The molecule has 0 radical (unpaired) electrons. The highest BCUT2D eigenvalue weighted by atomic mass is 35.7. The van der Waals surface area contributed by atoms with Gasteiger partial charge in [0.25, 0.3) is 0 Å². The predicted molar refractivity (Wildman–Crippen MR) is 137 cm³/mol. The van der Waals surface area contributed by atoms with Gasteiger partial charge in [-0.2, -0.15) is 0 Å². The molecule has 0 aromatic heterocycles. The lowest BCUT2D eigenvalue weighted by molar-refractivity contribution is 0.514. The van der Waals surface area contributed by atoms with Crippen LogP contribution in [0, 0.1) is 0 Å². The van der Waals surface area contributed by atoms with E-state index in [0.29, 0.717) is 0 Å². The molecule has 0 aromatic rings. The third-order valence-electron chi connectivity index (χ3n) is 7.34. The van der Waals surface area contributed by atoms with Crippen molar-refractivity contribution < 1.29 is 0 Å². The van der Waals surface area contributed by atoms with Crippen LogP contribution in [0.5, 0.6) is 0 Å². The van der Waals surface area contributed by atoms with Crippen LogP contribution in [0.2, 0.25) is 48.9 Å². The van der Waals surface area contributed by atoms with Crippen LogP contribution in [-0.4, -0.2) is 33.9 Å². The molecule has 0 rings (SSSR count). The maximum Gasteiger partial charge on any atom is 0.248 e. The van der Waals surface area contributed by atoms with E-state index < -0.39 is 23.2 Å². The Morgan fingerprint density at radius 1 is 0.556 bits per heavy atom. The molecule has 0 saturated carbocycles. The second-order valence-electron chi connectivity index (χ2n) is 8.66. The lowest BCUT2D eigenvalue weighted by Gasteiger charge is -2.52. The highest BCUT2D eigenvalue weighted by molar-refractivity contribution is 7.44. The van der Waals surface area contributed by atoms with E-state index in [1.54, 1.807) is 0 Å². The maximum atomic E-state index is 6.20. The van der Waals surface area contributed by atoms with Gasteiger partial charge < -0.3 is 4.23 Å². The standard InChI is InChI=1S/C21H49Cl2NSi3/c1-8-26(9-2,10-3)24(27(11-4,12-5)13-6)20-18-16-14-15-17-19-21-25(7,22)23/h8-21H2,1-7H3. The Hall–Kier alpha value is 1.19. The average molecular weight is 471 g/mol. The molecule has 0 heterocycles. The van der Waals surface area contributed by atoms with Gasteiger partial charge in [0.1, 0.15) is 16.5 Å². The van der Waals surface area contributed by atoms with E-state index in [0.717, 1.165) is 6.04 Å². The van der Waals surface area contributed by atoms with Crippen molar-refractivity contribution >= 4 is 45.3 Å². The minimum Gasteiger partial charge on any atom is -0.345 e. The van der Waals surface area contributed by atoms with Crippen LogP contribution in [0.1, 0.15) is 80.1 Å². The molecule has 0 aliphatic rings. The molecule has 0 bridgehead atoms. The van der Waals surface area contributed by atoms with Crippen molar-refractivity contribution in [1.29, 1.82) is 0 Å². The quantitative estimate of drug-likeness (QED) is 0.116. The van der Waals surface area contributed by atoms with Gasteiger partial charge in [0, 0.05) is 0 Å². The molecule has 0 aliphatic heterocycles. The molecule has 0 fully saturated rings. The van der Waals surface area contributed by atoms with Gasteiger partial charge in [0.15, 0.2) is 0 Å². The molecule has 0 amide bonds. The van der Waals surface area contributed by atoms with Crippen LogP contribution < -0.4 is 0 Å². The number of halogens is 2. The minimum absolute atomic E-state index is 1.05. The Balaban J connectivity index is 4.71. The van der Waals surface area contributed by atoms with Crippen molar-refractivity contribution in [1.82, 2.24) is 4.23 Å². The lowest BCUT2D eigenvalue weighted by atomic mass is 10.1. The molecule has 27 heavy (non-hydrogen) atoms. The summed E-state index contributed by atoms with van der Waals surface area (Å²) in [5.41, 5.74) is 0. The van der Waals surface area contributed by atoms with Gasteiger partial charge in [0.05, 0.1) is 0 Å². The van der Waals surface area contributed by atoms with Crippen LogP contribution in [0.15, 0.2) is 0 Å². The number of hydrogen-bond donors (Lipinski definition) is 0. The van der Waals surface area contributed by atoms with E-state index in [1.165, 1.54) is 81.3 Å². The van der Waals surface area contributed by atoms with Crippen molar-refractivity contribution in [2.45, 2.75) is 129 Å². The summed E-state index contributed by atoms with van der Waals surface area (Å²) in [7, 11) is -2.55. The van der Waals surface area contributed by atoms with Gasteiger partial charge in [-0.15, -0.1) is 22.2 Å². The van der Waals surface area contributed by atoms with Crippen molar-refractivity contribution in [3.63, 3.8) is 0 Å². The Kier molecular flexibility index (Phi) is 14.9. The van der Waals surface area contributed by atoms with Gasteiger partial charge in [-0.25, -0.2) is 0 Å². The van der Waals surface area contributed by atoms with Crippen molar-refractivity contribution in [2.24, 2.45) is 0 Å². The van der Waals surface area contributed by atoms with Crippen LogP contribution in [0.4, 0.5) is 0 Å². The van der Waals surface area contributed by atoms with Crippen LogP contribution in [0.25, 0.3) is 0 Å². The number of rotatable bonds is 17. The first-order chi connectivity index (χ1) is 12.7. The average Bonchev–Trinajstić information content (AvgIpc) is 2.65. The summed E-state index contributed by atoms with van der Waals surface area (Å²) in [6.07, 6.45) is 8.07. The zero-order chi connectivity index (χ0) is 21.0. The normalized spacial score (nSPS) is 13.6. The van der Waals surface area contributed by atoms with Gasteiger partial charge >= 0.3 is 0 Å². The van der Waals surface area contributed by atoms with E-state index in [1.807, 2.05) is 6.55 Å². The highest BCUT2D eigenvalue weighted by Gasteiger charge is 2.45. The van der Waals surface area contributed by atoms with Gasteiger partial charge in [-0.3, -0.25) is 0 Å². The monoisotopic (exact) mass is 469 g/mol. The largest absolute Gasteiger partial charge is 0.345 e. The van der Waals surface area contributed by atoms with Crippen molar-refractivity contribution in [2.75, 3.05) is 6.54 Å². The maximum absolute atomic E-state index is 6.20. The summed E-state index contributed by atoms with van der Waals surface area (Å²) in [6.45, 7) is 16.5. The van der Waals surface area contributed by atoms with E-state index >= 15 is 0 Å². The summed E-state index contributed by atoms with van der Waals surface area (Å²) in [5.74, 6) is 0. The van der Waals surface area contributed by atoms with E-state index in [-0.39, 0.29) is 0 Å². The Bertz CT molecular complexity index is 330. The topological polar surface area (TPSA) is 3.24 Å². The van der Waals surface area contributed by atoms with Gasteiger partial charge in [-0.05, 0) is 61.8 Å². The third-order valence-corrected chi connectivity index (χ3v) is 23.2. The summed E-state index contributed by atoms with van der Waals surface area (Å²) in [5, 5.41) is 0. The molecule has 0 spiro atoms. The number of nitrogens with zero attached hydrogens (tertiary/aromatic N) is 1. The van der Waals surface area contributed by atoms with Gasteiger partial charge in [-0.1, -0.05) is 73.6 Å².